The summed E-state index contributed by atoms with van der Waals surface area (Å²) in [6.07, 6.45) is 2.38. The molecule has 1 aliphatic carbocycles. The maximum Gasteiger partial charge on any atom is 0.237 e. The topological polar surface area (TPSA) is 58.2 Å². The van der Waals surface area contributed by atoms with Crippen molar-refractivity contribution in [3.05, 3.63) is 35.4 Å². The lowest BCUT2D eigenvalue weighted by Gasteiger charge is -2.53. The molecule has 1 aromatic carbocycles. The minimum absolute atomic E-state index is 0.00948. The van der Waals surface area contributed by atoms with E-state index in [9.17, 15) is 9.59 Å². The van der Waals surface area contributed by atoms with Crippen LogP contribution in [0.1, 0.15) is 35.7 Å². The third kappa shape index (κ3) is 2.28. The summed E-state index contributed by atoms with van der Waals surface area (Å²) in [5.41, 5.74) is 1.72. The number of piperidine rings is 1. The fraction of sp³-hybridized carbons (Fsp3) is 0.467. The summed E-state index contributed by atoms with van der Waals surface area (Å²) in [7, 11) is 0. The van der Waals surface area contributed by atoms with Gasteiger partial charge in [-0.05, 0) is 31.2 Å². The highest BCUT2D eigenvalue weighted by Crippen LogP contribution is 2.38. The van der Waals surface area contributed by atoms with Crippen LogP contribution in [0.15, 0.2) is 24.3 Å². The summed E-state index contributed by atoms with van der Waals surface area (Å²) >= 11 is 0. The van der Waals surface area contributed by atoms with Crippen molar-refractivity contribution < 1.29 is 9.59 Å². The van der Waals surface area contributed by atoms with Gasteiger partial charge in [-0.25, -0.2) is 0 Å². The van der Waals surface area contributed by atoms with Crippen molar-refractivity contribution in [2.75, 3.05) is 0 Å². The average Bonchev–Trinajstić information content (AvgIpc) is 2.39. The van der Waals surface area contributed by atoms with Crippen LogP contribution in [-0.4, -0.2) is 23.8 Å². The Morgan fingerprint density at radius 3 is 2.47 bits per heavy atom. The molecule has 2 fully saturated rings. The zero-order chi connectivity index (χ0) is 13.4. The number of Topliss-reactive ketones (excluding diaryl/α,β-unsaturated/α-hetero) is 1. The molecule has 3 rings (SSSR count). The molecule has 0 radical (unpaired) electrons. The van der Waals surface area contributed by atoms with Gasteiger partial charge >= 0.3 is 0 Å². The van der Waals surface area contributed by atoms with Gasteiger partial charge in [0.05, 0.1) is 6.04 Å². The molecule has 3 atom stereocenters. The number of rotatable bonds is 4. The Kier molecular flexibility index (Phi) is 3.11. The standard InChI is InChI=1S/C15H18N2O2/c1-9(18)11-4-2-10(3-5-11)8-16-15(19)14-12-6-7-13(12)17-14/h2-5,12-14,17H,6-8H2,1H3,(H,16,19)/t12?,13-,14+/m0/s1. The molecule has 1 heterocycles. The number of carbonyl (C=O) groups is 2. The second-order valence-electron chi connectivity index (χ2n) is 5.46. The van der Waals surface area contributed by atoms with Crippen molar-refractivity contribution in [1.29, 1.82) is 0 Å². The Hall–Kier alpha value is -1.68. The normalized spacial score (nSPS) is 27.7. The first-order valence-corrected chi connectivity index (χ1v) is 6.79. The van der Waals surface area contributed by atoms with E-state index in [0.717, 1.165) is 5.56 Å². The summed E-state index contributed by atoms with van der Waals surface area (Å²) in [5.74, 6) is 0.710. The van der Waals surface area contributed by atoms with E-state index in [0.29, 0.717) is 24.1 Å². The zero-order valence-corrected chi connectivity index (χ0v) is 11.0. The Balaban J connectivity index is 1.51. The molecule has 19 heavy (non-hydrogen) atoms. The molecule has 0 spiro atoms. The molecule has 4 nitrogen and oxygen atoms in total. The highest BCUT2D eigenvalue weighted by Gasteiger charge is 2.49. The van der Waals surface area contributed by atoms with Gasteiger partial charge in [0.15, 0.2) is 5.78 Å². The summed E-state index contributed by atoms with van der Waals surface area (Å²) in [4.78, 5) is 23.1. The minimum atomic E-state index is 0.00948. The van der Waals surface area contributed by atoms with Crippen molar-refractivity contribution >= 4 is 11.7 Å². The van der Waals surface area contributed by atoms with Crippen LogP contribution in [0, 0.1) is 5.92 Å². The maximum atomic E-state index is 11.9. The largest absolute Gasteiger partial charge is 0.351 e. The van der Waals surface area contributed by atoms with Crippen LogP contribution in [0.4, 0.5) is 0 Å². The molecule has 1 aliphatic heterocycles. The first kappa shape index (κ1) is 12.4. The van der Waals surface area contributed by atoms with E-state index >= 15 is 0 Å². The smallest absolute Gasteiger partial charge is 0.237 e. The van der Waals surface area contributed by atoms with E-state index in [1.165, 1.54) is 12.8 Å². The molecular weight excluding hydrogens is 240 g/mol. The molecule has 1 aromatic rings. The predicted octanol–water partition coefficient (Wildman–Crippen LogP) is 1.26. The number of benzene rings is 1. The van der Waals surface area contributed by atoms with Crippen molar-refractivity contribution in [1.82, 2.24) is 10.6 Å². The van der Waals surface area contributed by atoms with E-state index < -0.39 is 0 Å². The second kappa shape index (κ2) is 4.78. The van der Waals surface area contributed by atoms with E-state index in [1.54, 1.807) is 19.1 Å². The molecule has 1 amide bonds. The number of hydrogen-bond donors (Lipinski definition) is 2. The lowest BCUT2D eigenvalue weighted by Crippen LogP contribution is -2.71. The quantitative estimate of drug-likeness (QED) is 0.799. The highest BCUT2D eigenvalue weighted by atomic mass is 16.2. The Bertz CT molecular complexity index is 509. The molecule has 2 N–H and O–H groups in total. The molecule has 1 saturated heterocycles. The monoisotopic (exact) mass is 258 g/mol. The molecule has 1 saturated carbocycles. The van der Waals surface area contributed by atoms with Gasteiger partial charge in [0.2, 0.25) is 5.91 Å². The van der Waals surface area contributed by atoms with Gasteiger partial charge in [-0.1, -0.05) is 24.3 Å². The predicted molar refractivity (Wildman–Crippen MR) is 71.7 cm³/mol. The summed E-state index contributed by atoms with van der Waals surface area (Å²) in [6, 6.07) is 7.97. The number of fused-ring (bicyclic) bond motifs is 1. The highest BCUT2D eigenvalue weighted by molar-refractivity contribution is 5.94. The van der Waals surface area contributed by atoms with Gasteiger partial charge < -0.3 is 10.6 Å². The van der Waals surface area contributed by atoms with E-state index in [2.05, 4.69) is 10.6 Å². The maximum absolute atomic E-state index is 11.9. The number of carbonyl (C=O) groups excluding carboxylic acids is 2. The van der Waals surface area contributed by atoms with Gasteiger partial charge in [-0.3, -0.25) is 9.59 Å². The van der Waals surface area contributed by atoms with Crippen LogP contribution in [0.3, 0.4) is 0 Å². The fourth-order valence-corrected chi connectivity index (χ4v) is 2.79. The Labute approximate surface area is 112 Å². The van der Waals surface area contributed by atoms with Gasteiger partial charge in [0.25, 0.3) is 0 Å². The molecule has 4 heteroatoms. The van der Waals surface area contributed by atoms with Crippen molar-refractivity contribution in [2.24, 2.45) is 5.92 Å². The molecule has 2 aliphatic rings. The van der Waals surface area contributed by atoms with E-state index in [-0.39, 0.29) is 17.7 Å². The minimum Gasteiger partial charge on any atom is -0.351 e. The Morgan fingerprint density at radius 2 is 2.00 bits per heavy atom. The van der Waals surface area contributed by atoms with Gasteiger partial charge in [-0.2, -0.15) is 0 Å². The van der Waals surface area contributed by atoms with Crippen LogP contribution >= 0.6 is 0 Å². The summed E-state index contributed by atoms with van der Waals surface area (Å²) in [6.45, 7) is 2.07. The summed E-state index contributed by atoms with van der Waals surface area (Å²) < 4.78 is 0. The lowest BCUT2D eigenvalue weighted by molar-refractivity contribution is -0.131. The molecule has 0 aromatic heterocycles. The van der Waals surface area contributed by atoms with Crippen LogP contribution in [-0.2, 0) is 11.3 Å². The third-order valence-electron chi connectivity index (χ3n) is 4.26. The second-order valence-corrected chi connectivity index (χ2v) is 5.46. The van der Waals surface area contributed by atoms with Crippen molar-refractivity contribution in [2.45, 2.75) is 38.4 Å². The van der Waals surface area contributed by atoms with Gasteiger partial charge in [-0.15, -0.1) is 0 Å². The Morgan fingerprint density at radius 1 is 1.26 bits per heavy atom. The molecule has 100 valence electrons. The molecular formula is C15H18N2O2. The van der Waals surface area contributed by atoms with Crippen LogP contribution in [0.5, 0.6) is 0 Å². The van der Waals surface area contributed by atoms with Gasteiger partial charge in [0, 0.05) is 18.2 Å². The zero-order valence-electron chi connectivity index (χ0n) is 11.0. The first-order chi connectivity index (χ1) is 9.15. The number of ketones is 1. The molecule has 0 bridgehead atoms. The van der Waals surface area contributed by atoms with E-state index in [1.807, 2.05) is 12.1 Å². The average molecular weight is 258 g/mol. The van der Waals surface area contributed by atoms with Crippen LogP contribution in [0.25, 0.3) is 0 Å². The van der Waals surface area contributed by atoms with Crippen LogP contribution < -0.4 is 10.6 Å². The number of nitrogens with one attached hydrogen (secondary N) is 2. The lowest BCUT2D eigenvalue weighted by atomic mass is 9.67. The number of hydrogen-bond acceptors (Lipinski definition) is 3. The van der Waals surface area contributed by atoms with Crippen molar-refractivity contribution in [3.8, 4) is 0 Å². The molecule has 1 unspecified atom stereocenters. The van der Waals surface area contributed by atoms with Crippen LogP contribution in [0.2, 0.25) is 0 Å². The SMILES string of the molecule is CC(=O)c1ccc(CNC(=O)[C@@H]2N[C@H]3CCC32)cc1. The number of amides is 1. The first-order valence-electron chi connectivity index (χ1n) is 6.79. The van der Waals surface area contributed by atoms with Crippen molar-refractivity contribution in [3.63, 3.8) is 0 Å². The van der Waals surface area contributed by atoms with Gasteiger partial charge in [0.1, 0.15) is 0 Å². The third-order valence-corrected chi connectivity index (χ3v) is 4.26. The summed E-state index contributed by atoms with van der Waals surface area (Å²) in [5, 5.41) is 6.23. The van der Waals surface area contributed by atoms with E-state index in [4.69, 9.17) is 0 Å². The fourth-order valence-electron chi connectivity index (χ4n) is 2.79.